The number of benzene rings is 1. The predicted molar refractivity (Wildman–Crippen MR) is 95.1 cm³/mol. The summed E-state index contributed by atoms with van der Waals surface area (Å²) in [5.74, 6) is 0.396. The monoisotopic (exact) mass is 439 g/mol. The predicted octanol–water partition coefficient (Wildman–Crippen LogP) is 4.97. The highest BCUT2D eigenvalue weighted by Crippen LogP contribution is 2.31. The van der Waals surface area contributed by atoms with E-state index in [0.717, 1.165) is 22.9 Å². The molecule has 0 atom stereocenters. The van der Waals surface area contributed by atoms with Crippen molar-refractivity contribution in [1.29, 1.82) is 0 Å². The molecule has 0 unspecified atom stereocenters. The molecule has 6 heteroatoms. The van der Waals surface area contributed by atoms with Crippen LogP contribution in [0.1, 0.15) is 39.2 Å². The van der Waals surface area contributed by atoms with Gasteiger partial charge in [-0.1, -0.05) is 49.5 Å². The van der Waals surface area contributed by atoms with Crippen LogP contribution in [0.2, 0.25) is 0 Å². The molecule has 0 fully saturated rings. The van der Waals surface area contributed by atoms with Gasteiger partial charge in [-0.05, 0) is 46.5 Å². The highest BCUT2D eigenvalue weighted by Gasteiger charge is 2.27. The van der Waals surface area contributed by atoms with Crippen LogP contribution in [0.5, 0.6) is 0 Å². The second-order valence-electron chi connectivity index (χ2n) is 5.17. The van der Waals surface area contributed by atoms with Crippen LogP contribution in [-0.4, -0.2) is 25.8 Å². The molecule has 0 N–H and O–H groups in total. The van der Waals surface area contributed by atoms with E-state index in [-0.39, 0.29) is 0 Å². The Bertz CT molecular complexity index is 584. The number of sulfonamides is 1. The Morgan fingerprint density at radius 1 is 1.10 bits per heavy atom. The van der Waals surface area contributed by atoms with Crippen molar-refractivity contribution in [1.82, 2.24) is 4.31 Å². The SMILES string of the molecule is CCC(CC)CN(CC)S(=O)(=O)c1cc(Br)c(C)cc1Br. The first kappa shape index (κ1) is 19.1. The van der Waals surface area contributed by atoms with Gasteiger partial charge < -0.3 is 0 Å². The topological polar surface area (TPSA) is 37.4 Å². The van der Waals surface area contributed by atoms with Crippen molar-refractivity contribution in [3.05, 3.63) is 26.6 Å². The summed E-state index contributed by atoms with van der Waals surface area (Å²) in [5, 5.41) is 0. The quantitative estimate of drug-likeness (QED) is 0.600. The summed E-state index contributed by atoms with van der Waals surface area (Å²) < 4.78 is 28.8. The normalized spacial score (nSPS) is 12.4. The van der Waals surface area contributed by atoms with Gasteiger partial charge in [0.15, 0.2) is 0 Å². The molecule has 120 valence electrons. The van der Waals surface area contributed by atoms with Gasteiger partial charge in [-0.15, -0.1) is 0 Å². The first-order valence-corrected chi connectivity index (χ1v) is 10.3. The Kier molecular flexibility index (Phi) is 7.37. The Labute approximate surface area is 145 Å². The van der Waals surface area contributed by atoms with E-state index in [1.807, 2.05) is 19.9 Å². The zero-order valence-electron chi connectivity index (χ0n) is 13.0. The van der Waals surface area contributed by atoms with Gasteiger partial charge in [0.05, 0.1) is 4.90 Å². The van der Waals surface area contributed by atoms with Crippen LogP contribution < -0.4 is 0 Å². The smallest absolute Gasteiger partial charge is 0.207 e. The van der Waals surface area contributed by atoms with Crippen molar-refractivity contribution in [2.45, 2.75) is 45.4 Å². The Morgan fingerprint density at radius 2 is 1.67 bits per heavy atom. The first-order chi connectivity index (χ1) is 9.77. The lowest BCUT2D eigenvalue weighted by molar-refractivity contribution is 0.339. The number of hydrogen-bond acceptors (Lipinski definition) is 2. The summed E-state index contributed by atoms with van der Waals surface area (Å²) in [6, 6.07) is 3.52. The van der Waals surface area contributed by atoms with Gasteiger partial charge in [0.2, 0.25) is 10.0 Å². The number of aryl methyl sites for hydroxylation is 1. The van der Waals surface area contributed by atoms with Crippen molar-refractivity contribution < 1.29 is 8.42 Å². The fourth-order valence-electron chi connectivity index (χ4n) is 2.20. The summed E-state index contributed by atoms with van der Waals surface area (Å²) in [7, 11) is -3.48. The zero-order valence-corrected chi connectivity index (χ0v) is 17.0. The van der Waals surface area contributed by atoms with Crippen molar-refractivity contribution in [3.63, 3.8) is 0 Å². The molecule has 0 amide bonds. The van der Waals surface area contributed by atoms with Crippen LogP contribution in [0.3, 0.4) is 0 Å². The maximum atomic E-state index is 12.9. The molecule has 0 heterocycles. The zero-order chi connectivity index (χ0) is 16.2. The van der Waals surface area contributed by atoms with E-state index in [2.05, 4.69) is 45.7 Å². The second-order valence-corrected chi connectivity index (χ2v) is 8.79. The van der Waals surface area contributed by atoms with Crippen LogP contribution in [-0.2, 0) is 10.0 Å². The molecule has 0 bridgehead atoms. The fraction of sp³-hybridized carbons (Fsp3) is 0.600. The summed E-state index contributed by atoms with van der Waals surface area (Å²) >= 11 is 6.81. The van der Waals surface area contributed by atoms with E-state index in [0.29, 0.717) is 28.4 Å². The molecule has 3 nitrogen and oxygen atoms in total. The van der Waals surface area contributed by atoms with Crippen molar-refractivity contribution in [2.75, 3.05) is 13.1 Å². The summed E-state index contributed by atoms with van der Waals surface area (Å²) in [6.45, 7) is 9.09. The van der Waals surface area contributed by atoms with Crippen LogP contribution >= 0.6 is 31.9 Å². The van der Waals surface area contributed by atoms with Gasteiger partial charge in [-0.3, -0.25) is 0 Å². The molecule has 0 aliphatic heterocycles. The molecule has 0 saturated heterocycles. The Hall–Kier alpha value is 0.0900. The van der Waals surface area contributed by atoms with Crippen LogP contribution in [0.4, 0.5) is 0 Å². The third-order valence-electron chi connectivity index (χ3n) is 3.80. The summed E-state index contributed by atoms with van der Waals surface area (Å²) in [5.41, 5.74) is 1.00. The number of halogens is 2. The number of rotatable bonds is 7. The molecular weight excluding hydrogens is 418 g/mol. The van der Waals surface area contributed by atoms with E-state index in [9.17, 15) is 8.42 Å². The highest BCUT2D eigenvalue weighted by molar-refractivity contribution is 9.11. The largest absolute Gasteiger partial charge is 0.244 e. The van der Waals surface area contributed by atoms with Gasteiger partial charge >= 0.3 is 0 Å². The third-order valence-corrected chi connectivity index (χ3v) is 7.55. The van der Waals surface area contributed by atoms with Gasteiger partial charge in [0.1, 0.15) is 0 Å². The van der Waals surface area contributed by atoms with E-state index >= 15 is 0 Å². The van der Waals surface area contributed by atoms with Gasteiger partial charge in [-0.25, -0.2) is 8.42 Å². The van der Waals surface area contributed by atoms with E-state index in [1.165, 1.54) is 0 Å². The Morgan fingerprint density at radius 3 is 2.14 bits per heavy atom. The van der Waals surface area contributed by atoms with Crippen LogP contribution in [0.15, 0.2) is 26.0 Å². The third kappa shape index (κ3) is 4.53. The molecule has 1 aromatic rings. The molecule has 1 rings (SSSR count). The average molecular weight is 441 g/mol. The standard InChI is InChI=1S/C15H23Br2NO2S/c1-5-12(6-2)10-18(7-3)21(19,20)15-9-13(16)11(4)8-14(15)17/h8-9,12H,5-7,10H2,1-4H3. The minimum Gasteiger partial charge on any atom is -0.207 e. The van der Waals surface area contributed by atoms with Crippen LogP contribution in [0, 0.1) is 12.8 Å². The van der Waals surface area contributed by atoms with Gasteiger partial charge in [-0.2, -0.15) is 4.31 Å². The van der Waals surface area contributed by atoms with Gasteiger partial charge in [0.25, 0.3) is 0 Å². The molecule has 0 radical (unpaired) electrons. The summed E-state index contributed by atoms with van der Waals surface area (Å²) in [6.07, 6.45) is 1.97. The lowest BCUT2D eigenvalue weighted by Crippen LogP contribution is -2.35. The van der Waals surface area contributed by atoms with Crippen molar-refractivity contribution in [2.24, 2.45) is 5.92 Å². The molecular formula is C15H23Br2NO2S. The van der Waals surface area contributed by atoms with E-state index in [1.54, 1.807) is 10.4 Å². The number of nitrogens with zero attached hydrogens (tertiary/aromatic N) is 1. The van der Waals surface area contributed by atoms with E-state index in [4.69, 9.17) is 0 Å². The van der Waals surface area contributed by atoms with Crippen LogP contribution in [0.25, 0.3) is 0 Å². The molecule has 0 aliphatic rings. The molecule has 21 heavy (non-hydrogen) atoms. The molecule has 0 aromatic heterocycles. The molecule has 0 saturated carbocycles. The van der Waals surface area contributed by atoms with E-state index < -0.39 is 10.0 Å². The van der Waals surface area contributed by atoms with Crippen molar-refractivity contribution in [3.8, 4) is 0 Å². The molecule has 0 spiro atoms. The Balaban J connectivity index is 3.22. The van der Waals surface area contributed by atoms with Crippen molar-refractivity contribution >= 4 is 41.9 Å². The average Bonchev–Trinajstić information content (AvgIpc) is 2.43. The second kappa shape index (κ2) is 8.09. The maximum absolute atomic E-state index is 12.9. The minimum atomic E-state index is -3.48. The lowest BCUT2D eigenvalue weighted by atomic mass is 10.0. The van der Waals surface area contributed by atoms with Gasteiger partial charge in [0, 0.05) is 22.0 Å². The molecule has 1 aromatic carbocycles. The molecule has 0 aliphatic carbocycles. The maximum Gasteiger partial charge on any atom is 0.244 e. The summed E-state index contributed by atoms with van der Waals surface area (Å²) in [4.78, 5) is 0.327. The fourth-order valence-corrected chi connectivity index (χ4v) is 5.36. The highest BCUT2D eigenvalue weighted by atomic mass is 79.9. The lowest BCUT2D eigenvalue weighted by Gasteiger charge is -2.25. The first-order valence-electron chi connectivity index (χ1n) is 7.23. The number of hydrogen-bond donors (Lipinski definition) is 0. The minimum absolute atomic E-state index is 0.327.